The number of carbonyl (C=O) groups excluding carboxylic acids is 2. The van der Waals surface area contributed by atoms with Crippen LogP contribution in [0, 0.1) is 6.92 Å². The van der Waals surface area contributed by atoms with Crippen LogP contribution < -0.4 is 5.32 Å². The summed E-state index contributed by atoms with van der Waals surface area (Å²) >= 11 is 5.93. The monoisotopic (exact) mass is 343 g/mol. The van der Waals surface area contributed by atoms with Gasteiger partial charge >= 0.3 is 5.97 Å². The lowest BCUT2D eigenvalue weighted by atomic mass is 10.1. The Hall–Kier alpha value is -2.79. The third-order valence-electron chi connectivity index (χ3n) is 3.69. The molecule has 0 atom stereocenters. The number of carbonyl (C=O) groups is 2. The van der Waals surface area contributed by atoms with E-state index < -0.39 is 11.9 Å². The van der Waals surface area contributed by atoms with E-state index in [9.17, 15) is 9.59 Å². The lowest BCUT2D eigenvalue weighted by Crippen LogP contribution is -2.13. The summed E-state index contributed by atoms with van der Waals surface area (Å²) in [6.45, 7) is 1.74. The number of rotatable bonds is 3. The number of ether oxygens (including phenoxy) is 1. The molecule has 0 spiro atoms. The van der Waals surface area contributed by atoms with Gasteiger partial charge in [0.1, 0.15) is 5.58 Å². The zero-order valence-corrected chi connectivity index (χ0v) is 13.8. The molecule has 5 nitrogen and oxygen atoms in total. The highest BCUT2D eigenvalue weighted by atomic mass is 35.5. The van der Waals surface area contributed by atoms with E-state index in [0.29, 0.717) is 27.4 Å². The minimum Gasteiger partial charge on any atom is -0.465 e. The fraction of sp³-hybridized carbons (Fsp3) is 0.111. The minimum absolute atomic E-state index is 0.162. The second kappa shape index (κ2) is 6.37. The van der Waals surface area contributed by atoms with Crippen LogP contribution in [0.5, 0.6) is 0 Å². The molecule has 3 rings (SSSR count). The summed E-state index contributed by atoms with van der Waals surface area (Å²) in [5.74, 6) is -0.704. The number of amides is 1. The summed E-state index contributed by atoms with van der Waals surface area (Å²) < 4.78 is 10.3. The topological polar surface area (TPSA) is 68.5 Å². The van der Waals surface area contributed by atoms with Gasteiger partial charge in [0.25, 0.3) is 5.91 Å². The van der Waals surface area contributed by atoms with Crippen LogP contribution in [-0.2, 0) is 4.74 Å². The average Bonchev–Trinajstić information content (AvgIpc) is 2.99. The molecular formula is C18H14ClNO4. The zero-order valence-electron chi connectivity index (χ0n) is 13.1. The lowest BCUT2D eigenvalue weighted by Gasteiger charge is -2.10. The van der Waals surface area contributed by atoms with Gasteiger partial charge in [0, 0.05) is 16.1 Å². The van der Waals surface area contributed by atoms with E-state index in [1.807, 2.05) is 0 Å². The van der Waals surface area contributed by atoms with Crippen molar-refractivity contribution in [3.05, 3.63) is 64.4 Å². The Labute approximate surface area is 143 Å². The van der Waals surface area contributed by atoms with Gasteiger partial charge in [-0.05, 0) is 48.9 Å². The molecule has 122 valence electrons. The van der Waals surface area contributed by atoms with Gasteiger partial charge in [-0.1, -0.05) is 17.7 Å². The van der Waals surface area contributed by atoms with Crippen LogP contribution in [0.15, 0.2) is 46.9 Å². The standard InChI is InChI=1S/C18H14ClNO4/c1-10-13(18(22)23-2)4-3-5-14(10)20-17(21)16-9-11-8-12(19)6-7-15(11)24-16/h3-9H,1-2H3,(H,20,21). The highest BCUT2D eigenvalue weighted by Gasteiger charge is 2.16. The number of anilines is 1. The van der Waals surface area contributed by atoms with Crippen molar-refractivity contribution in [2.75, 3.05) is 12.4 Å². The van der Waals surface area contributed by atoms with Crippen molar-refractivity contribution >= 4 is 40.1 Å². The average molecular weight is 344 g/mol. The number of furan rings is 1. The SMILES string of the molecule is COC(=O)c1cccc(NC(=O)c2cc3cc(Cl)ccc3o2)c1C. The fourth-order valence-corrected chi connectivity index (χ4v) is 2.59. The summed E-state index contributed by atoms with van der Waals surface area (Å²) in [6, 6.07) is 11.8. The minimum atomic E-state index is -0.457. The summed E-state index contributed by atoms with van der Waals surface area (Å²) in [5, 5.41) is 4.06. The number of fused-ring (bicyclic) bond motifs is 1. The van der Waals surface area contributed by atoms with Gasteiger partial charge in [0.05, 0.1) is 12.7 Å². The summed E-state index contributed by atoms with van der Waals surface area (Å²) in [4.78, 5) is 24.1. The van der Waals surface area contributed by atoms with Gasteiger partial charge in [-0.2, -0.15) is 0 Å². The quantitative estimate of drug-likeness (QED) is 0.714. The van der Waals surface area contributed by atoms with E-state index >= 15 is 0 Å². The first-order valence-electron chi connectivity index (χ1n) is 7.18. The smallest absolute Gasteiger partial charge is 0.338 e. The Morgan fingerprint density at radius 3 is 2.71 bits per heavy atom. The van der Waals surface area contributed by atoms with Crippen molar-refractivity contribution in [1.29, 1.82) is 0 Å². The predicted octanol–water partition coefficient (Wildman–Crippen LogP) is 4.43. The number of benzene rings is 2. The van der Waals surface area contributed by atoms with Crippen LogP contribution in [-0.4, -0.2) is 19.0 Å². The number of esters is 1. The van der Waals surface area contributed by atoms with E-state index in [1.54, 1.807) is 49.4 Å². The van der Waals surface area contributed by atoms with Gasteiger partial charge in [-0.15, -0.1) is 0 Å². The highest BCUT2D eigenvalue weighted by molar-refractivity contribution is 6.31. The summed E-state index contributed by atoms with van der Waals surface area (Å²) in [5.41, 5.74) is 2.11. The molecule has 0 radical (unpaired) electrons. The molecule has 0 unspecified atom stereocenters. The molecule has 2 aromatic carbocycles. The molecule has 0 saturated carbocycles. The third-order valence-corrected chi connectivity index (χ3v) is 3.92. The van der Waals surface area contributed by atoms with Crippen molar-refractivity contribution in [2.45, 2.75) is 6.92 Å². The molecular weight excluding hydrogens is 330 g/mol. The Morgan fingerprint density at radius 1 is 1.17 bits per heavy atom. The van der Waals surface area contributed by atoms with E-state index in [2.05, 4.69) is 5.32 Å². The van der Waals surface area contributed by atoms with Gasteiger partial charge in [0.15, 0.2) is 5.76 Å². The molecule has 0 aliphatic heterocycles. The molecule has 3 aromatic rings. The van der Waals surface area contributed by atoms with Crippen molar-refractivity contribution in [1.82, 2.24) is 0 Å². The molecule has 0 saturated heterocycles. The molecule has 1 aromatic heterocycles. The number of hydrogen-bond acceptors (Lipinski definition) is 4. The van der Waals surface area contributed by atoms with Crippen molar-refractivity contribution in [3.63, 3.8) is 0 Å². The first-order valence-corrected chi connectivity index (χ1v) is 7.56. The molecule has 0 aliphatic carbocycles. The molecule has 1 N–H and O–H groups in total. The van der Waals surface area contributed by atoms with Crippen molar-refractivity contribution in [2.24, 2.45) is 0 Å². The highest BCUT2D eigenvalue weighted by Crippen LogP contribution is 2.25. The fourth-order valence-electron chi connectivity index (χ4n) is 2.41. The van der Waals surface area contributed by atoms with E-state index in [1.165, 1.54) is 7.11 Å². The van der Waals surface area contributed by atoms with Crippen LogP contribution >= 0.6 is 11.6 Å². The molecule has 1 heterocycles. The van der Waals surface area contributed by atoms with Gasteiger partial charge in [-0.3, -0.25) is 4.79 Å². The maximum atomic E-state index is 12.4. The first-order chi connectivity index (χ1) is 11.5. The maximum absolute atomic E-state index is 12.4. The summed E-state index contributed by atoms with van der Waals surface area (Å²) in [7, 11) is 1.31. The number of nitrogens with one attached hydrogen (secondary N) is 1. The van der Waals surface area contributed by atoms with Crippen molar-refractivity contribution in [3.8, 4) is 0 Å². The Kier molecular flexibility index (Phi) is 4.27. The zero-order chi connectivity index (χ0) is 17.3. The van der Waals surface area contributed by atoms with Crippen molar-refractivity contribution < 1.29 is 18.7 Å². The number of hydrogen-bond donors (Lipinski definition) is 1. The molecule has 0 bridgehead atoms. The maximum Gasteiger partial charge on any atom is 0.338 e. The lowest BCUT2D eigenvalue weighted by molar-refractivity contribution is 0.0599. The second-order valence-corrected chi connectivity index (χ2v) is 5.65. The first kappa shape index (κ1) is 16.1. The van der Waals surface area contributed by atoms with Gasteiger partial charge < -0.3 is 14.5 Å². The Morgan fingerprint density at radius 2 is 1.96 bits per heavy atom. The Bertz CT molecular complexity index is 945. The predicted molar refractivity (Wildman–Crippen MR) is 91.7 cm³/mol. The molecule has 6 heteroatoms. The van der Waals surface area contributed by atoms with Crippen LogP contribution in [0.25, 0.3) is 11.0 Å². The van der Waals surface area contributed by atoms with E-state index in [4.69, 9.17) is 20.8 Å². The van der Waals surface area contributed by atoms with Crippen LogP contribution in [0.1, 0.15) is 26.5 Å². The normalized spacial score (nSPS) is 10.6. The van der Waals surface area contributed by atoms with Crippen LogP contribution in [0.2, 0.25) is 5.02 Å². The Balaban J connectivity index is 1.90. The van der Waals surface area contributed by atoms with Gasteiger partial charge in [0.2, 0.25) is 0 Å². The largest absolute Gasteiger partial charge is 0.465 e. The molecule has 24 heavy (non-hydrogen) atoms. The van der Waals surface area contributed by atoms with Crippen LogP contribution in [0.3, 0.4) is 0 Å². The number of methoxy groups -OCH3 is 1. The molecule has 0 aliphatic rings. The third kappa shape index (κ3) is 2.98. The van der Waals surface area contributed by atoms with E-state index in [0.717, 1.165) is 5.39 Å². The summed E-state index contributed by atoms with van der Waals surface area (Å²) in [6.07, 6.45) is 0. The number of halogens is 1. The van der Waals surface area contributed by atoms with Crippen LogP contribution in [0.4, 0.5) is 5.69 Å². The molecule has 1 amide bonds. The van der Waals surface area contributed by atoms with Gasteiger partial charge in [-0.25, -0.2) is 4.79 Å². The second-order valence-electron chi connectivity index (χ2n) is 5.22. The van der Waals surface area contributed by atoms with E-state index in [-0.39, 0.29) is 5.76 Å². The molecule has 0 fully saturated rings.